The minimum Gasteiger partial charge on any atom is -0.481 e. The van der Waals surface area contributed by atoms with Crippen LogP contribution >= 0.6 is 22.9 Å². The van der Waals surface area contributed by atoms with Crippen LogP contribution in [0.25, 0.3) is 0 Å². The molecule has 0 spiro atoms. The molecule has 0 bridgehead atoms. The van der Waals surface area contributed by atoms with Crippen molar-refractivity contribution in [1.29, 1.82) is 0 Å². The normalized spacial score (nSPS) is 11.2. The summed E-state index contributed by atoms with van der Waals surface area (Å²) in [6, 6.07) is 3.30. The van der Waals surface area contributed by atoms with E-state index in [9.17, 15) is 9.59 Å². The van der Waals surface area contributed by atoms with E-state index in [1.54, 1.807) is 26.0 Å². The molecule has 0 aromatic carbocycles. The third kappa shape index (κ3) is 4.02. The number of aliphatic carboxylic acids is 1. The average molecular weight is 276 g/mol. The number of nitrogens with one attached hydrogen (secondary N) is 1. The second kappa shape index (κ2) is 5.51. The number of rotatable bonds is 5. The van der Waals surface area contributed by atoms with Crippen molar-refractivity contribution in [3.8, 4) is 0 Å². The Hall–Kier alpha value is -1.07. The van der Waals surface area contributed by atoms with Crippen LogP contribution in [0.15, 0.2) is 12.1 Å². The molecule has 17 heavy (non-hydrogen) atoms. The lowest BCUT2D eigenvalue weighted by Crippen LogP contribution is -2.31. The third-order valence-electron chi connectivity index (χ3n) is 2.41. The van der Waals surface area contributed by atoms with Crippen molar-refractivity contribution >= 4 is 34.8 Å². The van der Waals surface area contributed by atoms with E-state index >= 15 is 0 Å². The second-order valence-corrected chi connectivity index (χ2v) is 6.01. The van der Waals surface area contributed by atoms with Crippen molar-refractivity contribution in [2.24, 2.45) is 5.41 Å². The average Bonchev–Trinajstić information content (AvgIpc) is 2.64. The standard InChI is InChI=1S/C11H14ClNO3S/c1-11(2,10(15)16)5-6-13-9(14)7-3-4-8(12)17-7/h3-4H,5-6H2,1-2H3,(H,13,14)(H,15,16). The van der Waals surface area contributed by atoms with E-state index in [2.05, 4.69) is 5.32 Å². The van der Waals surface area contributed by atoms with Gasteiger partial charge in [0.15, 0.2) is 0 Å². The Labute approximate surface area is 109 Å². The highest BCUT2D eigenvalue weighted by atomic mass is 35.5. The summed E-state index contributed by atoms with van der Waals surface area (Å²) in [7, 11) is 0. The molecular weight excluding hydrogens is 262 g/mol. The zero-order valence-electron chi connectivity index (χ0n) is 9.62. The smallest absolute Gasteiger partial charge is 0.309 e. The van der Waals surface area contributed by atoms with Gasteiger partial charge in [0.25, 0.3) is 5.91 Å². The largest absolute Gasteiger partial charge is 0.481 e. The molecular formula is C11H14ClNO3S. The number of hydrogen-bond donors (Lipinski definition) is 2. The molecule has 1 aromatic rings. The van der Waals surface area contributed by atoms with Crippen LogP contribution in [-0.2, 0) is 4.79 Å². The van der Waals surface area contributed by atoms with Crippen LogP contribution in [0.2, 0.25) is 4.34 Å². The predicted molar refractivity (Wildman–Crippen MR) is 67.7 cm³/mol. The molecule has 0 aliphatic carbocycles. The van der Waals surface area contributed by atoms with E-state index in [-0.39, 0.29) is 5.91 Å². The highest BCUT2D eigenvalue weighted by Crippen LogP contribution is 2.22. The first-order valence-corrected chi connectivity index (χ1v) is 6.29. The Balaban J connectivity index is 2.42. The maximum Gasteiger partial charge on any atom is 0.309 e. The molecule has 1 rings (SSSR count). The summed E-state index contributed by atoms with van der Waals surface area (Å²) in [5, 5.41) is 11.6. The number of amides is 1. The summed E-state index contributed by atoms with van der Waals surface area (Å²) >= 11 is 6.91. The summed E-state index contributed by atoms with van der Waals surface area (Å²) in [6.45, 7) is 3.58. The number of carbonyl (C=O) groups is 2. The molecule has 0 aliphatic heterocycles. The highest BCUT2D eigenvalue weighted by Gasteiger charge is 2.26. The molecule has 6 heteroatoms. The van der Waals surface area contributed by atoms with E-state index in [0.29, 0.717) is 22.2 Å². The molecule has 0 saturated carbocycles. The predicted octanol–water partition coefficient (Wildman–Crippen LogP) is 2.63. The van der Waals surface area contributed by atoms with Crippen LogP contribution in [0.5, 0.6) is 0 Å². The van der Waals surface area contributed by atoms with Gasteiger partial charge >= 0.3 is 5.97 Å². The van der Waals surface area contributed by atoms with Gasteiger partial charge in [0.05, 0.1) is 14.6 Å². The van der Waals surface area contributed by atoms with Gasteiger partial charge in [-0.25, -0.2) is 0 Å². The Bertz CT molecular complexity index is 428. The van der Waals surface area contributed by atoms with Crippen LogP contribution in [0.4, 0.5) is 0 Å². The van der Waals surface area contributed by atoms with Crippen LogP contribution in [-0.4, -0.2) is 23.5 Å². The highest BCUT2D eigenvalue weighted by molar-refractivity contribution is 7.17. The van der Waals surface area contributed by atoms with Gasteiger partial charge in [-0.05, 0) is 32.4 Å². The van der Waals surface area contributed by atoms with Crippen molar-refractivity contribution in [1.82, 2.24) is 5.32 Å². The molecule has 1 amide bonds. The molecule has 0 atom stereocenters. The minimum atomic E-state index is -0.870. The number of carboxylic acid groups (broad SMARTS) is 1. The van der Waals surface area contributed by atoms with E-state index in [4.69, 9.17) is 16.7 Å². The molecule has 94 valence electrons. The van der Waals surface area contributed by atoms with Crippen molar-refractivity contribution in [3.63, 3.8) is 0 Å². The fraction of sp³-hybridized carbons (Fsp3) is 0.455. The lowest BCUT2D eigenvalue weighted by molar-refractivity contribution is -0.147. The van der Waals surface area contributed by atoms with Gasteiger partial charge in [-0.1, -0.05) is 11.6 Å². The van der Waals surface area contributed by atoms with Crippen molar-refractivity contribution < 1.29 is 14.7 Å². The first-order chi connectivity index (χ1) is 7.83. The Morgan fingerprint density at radius 3 is 2.59 bits per heavy atom. The van der Waals surface area contributed by atoms with E-state index in [1.807, 2.05) is 0 Å². The molecule has 0 saturated heterocycles. The molecule has 1 heterocycles. The molecule has 0 unspecified atom stereocenters. The molecule has 0 radical (unpaired) electrons. The Kier molecular flexibility index (Phi) is 4.54. The molecule has 0 fully saturated rings. The number of carbonyl (C=O) groups excluding carboxylic acids is 1. The van der Waals surface area contributed by atoms with Gasteiger partial charge < -0.3 is 10.4 Å². The van der Waals surface area contributed by atoms with Gasteiger partial charge in [-0.3, -0.25) is 9.59 Å². The number of thiophene rings is 1. The summed E-state index contributed by atoms with van der Waals surface area (Å²) < 4.78 is 0.556. The monoisotopic (exact) mass is 275 g/mol. The van der Waals surface area contributed by atoms with Gasteiger partial charge in [-0.2, -0.15) is 0 Å². The van der Waals surface area contributed by atoms with Crippen molar-refractivity contribution in [3.05, 3.63) is 21.3 Å². The van der Waals surface area contributed by atoms with Crippen molar-refractivity contribution in [2.75, 3.05) is 6.54 Å². The van der Waals surface area contributed by atoms with Gasteiger partial charge in [0.2, 0.25) is 0 Å². The fourth-order valence-electron chi connectivity index (χ4n) is 1.12. The van der Waals surface area contributed by atoms with Gasteiger partial charge in [-0.15, -0.1) is 11.3 Å². The SMILES string of the molecule is CC(C)(CCNC(=O)c1ccc(Cl)s1)C(=O)O. The van der Waals surface area contributed by atoms with Gasteiger partial charge in [0.1, 0.15) is 0 Å². The lowest BCUT2D eigenvalue weighted by atomic mass is 9.90. The van der Waals surface area contributed by atoms with Crippen LogP contribution < -0.4 is 5.32 Å². The number of hydrogen-bond acceptors (Lipinski definition) is 3. The van der Waals surface area contributed by atoms with Crippen LogP contribution in [0.3, 0.4) is 0 Å². The third-order valence-corrected chi connectivity index (χ3v) is 3.64. The number of carboxylic acids is 1. The zero-order valence-corrected chi connectivity index (χ0v) is 11.2. The zero-order chi connectivity index (χ0) is 13.1. The maximum absolute atomic E-state index is 11.6. The topological polar surface area (TPSA) is 66.4 Å². The molecule has 2 N–H and O–H groups in total. The summed E-state index contributed by atoms with van der Waals surface area (Å²) in [6.07, 6.45) is 0.382. The van der Waals surface area contributed by atoms with Crippen LogP contribution in [0.1, 0.15) is 29.9 Å². The molecule has 1 aromatic heterocycles. The van der Waals surface area contributed by atoms with Crippen molar-refractivity contribution in [2.45, 2.75) is 20.3 Å². The number of halogens is 1. The van der Waals surface area contributed by atoms with Crippen LogP contribution in [0, 0.1) is 5.41 Å². The lowest BCUT2D eigenvalue weighted by Gasteiger charge is -2.18. The Morgan fingerprint density at radius 1 is 1.47 bits per heavy atom. The van der Waals surface area contributed by atoms with E-state index in [0.717, 1.165) is 0 Å². The second-order valence-electron chi connectivity index (χ2n) is 4.30. The fourth-order valence-corrected chi connectivity index (χ4v) is 2.08. The summed E-state index contributed by atoms with van der Waals surface area (Å²) in [5.74, 6) is -1.09. The summed E-state index contributed by atoms with van der Waals surface area (Å²) in [4.78, 5) is 23.0. The quantitative estimate of drug-likeness (QED) is 0.868. The maximum atomic E-state index is 11.6. The first kappa shape index (κ1) is 14.0. The molecule has 0 aliphatic rings. The van der Waals surface area contributed by atoms with E-state index in [1.165, 1.54) is 11.3 Å². The Morgan fingerprint density at radius 2 is 2.12 bits per heavy atom. The molecule has 4 nitrogen and oxygen atoms in total. The van der Waals surface area contributed by atoms with E-state index < -0.39 is 11.4 Å². The minimum absolute atomic E-state index is 0.219. The summed E-state index contributed by atoms with van der Waals surface area (Å²) in [5.41, 5.74) is -0.833. The van der Waals surface area contributed by atoms with Gasteiger partial charge in [0, 0.05) is 6.54 Å². The first-order valence-electron chi connectivity index (χ1n) is 5.10.